The van der Waals surface area contributed by atoms with Crippen molar-refractivity contribution < 1.29 is 4.74 Å². The minimum Gasteiger partial charge on any atom is -0.497 e. The van der Waals surface area contributed by atoms with Crippen molar-refractivity contribution in [2.75, 3.05) is 7.11 Å². The van der Waals surface area contributed by atoms with Crippen LogP contribution in [0.2, 0.25) is 0 Å². The number of benzene rings is 2. The van der Waals surface area contributed by atoms with Gasteiger partial charge in [-0.1, -0.05) is 42.5 Å². The summed E-state index contributed by atoms with van der Waals surface area (Å²) in [6, 6.07) is 14.8. The molecule has 1 aliphatic rings. The highest BCUT2D eigenvalue weighted by atomic mass is 16.5. The fourth-order valence-electron chi connectivity index (χ4n) is 2.22. The van der Waals surface area contributed by atoms with Gasteiger partial charge in [-0.05, 0) is 40.8 Å². The van der Waals surface area contributed by atoms with Gasteiger partial charge in [-0.25, -0.2) is 0 Å². The van der Waals surface area contributed by atoms with E-state index < -0.39 is 0 Å². The molecule has 0 atom stereocenters. The predicted octanol–water partition coefficient (Wildman–Crippen LogP) is 3.93. The van der Waals surface area contributed by atoms with Crippen LogP contribution in [0.3, 0.4) is 0 Å². The van der Waals surface area contributed by atoms with Gasteiger partial charge in [0.2, 0.25) is 0 Å². The Morgan fingerprint density at radius 3 is 2.47 bits per heavy atom. The molecule has 3 rings (SSSR count). The van der Waals surface area contributed by atoms with Gasteiger partial charge in [0.25, 0.3) is 0 Å². The summed E-state index contributed by atoms with van der Waals surface area (Å²) in [4.78, 5) is 0. The van der Waals surface area contributed by atoms with E-state index in [1.165, 1.54) is 22.3 Å². The first-order valence-electron chi connectivity index (χ1n) is 5.81. The summed E-state index contributed by atoms with van der Waals surface area (Å²) >= 11 is 0. The highest BCUT2D eigenvalue weighted by molar-refractivity contribution is 5.70. The molecule has 0 fully saturated rings. The van der Waals surface area contributed by atoms with E-state index in [1.54, 1.807) is 7.11 Å². The lowest BCUT2D eigenvalue weighted by atomic mass is 10.0. The van der Waals surface area contributed by atoms with E-state index in [-0.39, 0.29) is 0 Å². The molecule has 0 amide bonds. The van der Waals surface area contributed by atoms with E-state index in [1.807, 2.05) is 12.1 Å². The van der Waals surface area contributed by atoms with Crippen LogP contribution in [0.4, 0.5) is 0 Å². The Kier molecular flexibility index (Phi) is 2.45. The molecule has 0 aromatic heterocycles. The van der Waals surface area contributed by atoms with Crippen molar-refractivity contribution in [3.05, 3.63) is 59.7 Å². The Labute approximate surface area is 101 Å². The highest BCUT2D eigenvalue weighted by Gasteiger charge is 2.06. The molecule has 0 spiro atoms. The molecule has 0 radical (unpaired) electrons. The molecule has 0 saturated heterocycles. The Balaban J connectivity index is 1.98. The summed E-state index contributed by atoms with van der Waals surface area (Å²) in [5.74, 6) is 0.900. The molecule has 0 bridgehead atoms. The largest absolute Gasteiger partial charge is 0.497 e. The second-order valence-electron chi connectivity index (χ2n) is 4.25. The van der Waals surface area contributed by atoms with Gasteiger partial charge in [-0.3, -0.25) is 0 Å². The highest BCUT2D eigenvalue weighted by Crippen LogP contribution is 2.27. The molecule has 2 aromatic carbocycles. The standard InChI is InChI=1S/C16H14O/c1-17-16-9-7-13(8-10-16)15-6-5-12-3-2-4-14(12)11-15/h2-3,5-11H,4H2,1H3. The first kappa shape index (κ1) is 10.2. The predicted molar refractivity (Wildman–Crippen MR) is 71.2 cm³/mol. The molecular weight excluding hydrogens is 208 g/mol. The zero-order valence-corrected chi connectivity index (χ0v) is 9.81. The molecule has 84 valence electrons. The normalized spacial score (nSPS) is 12.5. The van der Waals surface area contributed by atoms with Gasteiger partial charge in [-0.2, -0.15) is 0 Å². The van der Waals surface area contributed by atoms with Crippen LogP contribution in [0.1, 0.15) is 11.1 Å². The minimum atomic E-state index is 0.900. The molecule has 1 heteroatoms. The van der Waals surface area contributed by atoms with Crippen LogP contribution in [-0.2, 0) is 6.42 Å². The molecular formula is C16H14O. The number of ether oxygens (including phenoxy) is 1. The van der Waals surface area contributed by atoms with Gasteiger partial charge >= 0.3 is 0 Å². The third kappa shape index (κ3) is 1.84. The van der Waals surface area contributed by atoms with E-state index in [4.69, 9.17) is 4.74 Å². The number of fused-ring (bicyclic) bond motifs is 1. The zero-order valence-electron chi connectivity index (χ0n) is 9.81. The van der Waals surface area contributed by atoms with E-state index in [0.29, 0.717) is 0 Å². The monoisotopic (exact) mass is 222 g/mol. The summed E-state index contributed by atoms with van der Waals surface area (Å²) in [7, 11) is 1.69. The van der Waals surface area contributed by atoms with Crippen molar-refractivity contribution in [3.8, 4) is 16.9 Å². The third-order valence-electron chi connectivity index (χ3n) is 3.20. The lowest BCUT2D eigenvalue weighted by Gasteiger charge is -2.06. The maximum absolute atomic E-state index is 5.17. The quantitative estimate of drug-likeness (QED) is 0.748. The van der Waals surface area contributed by atoms with E-state index >= 15 is 0 Å². The van der Waals surface area contributed by atoms with Crippen molar-refractivity contribution in [3.63, 3.8) is 0 Å². The number of hydrogen-bond acceptors (Lipinski definition) is 1. The Bertz CT molecular complexity index is 565. The van der Waals surface area contributed by atoms with E-state index in [9.17, 15) is 0 Å². The third-order valence-corrected chi connectivity index (χ3v) is 3.20. The molecule has 0 saturated carbocycles. The molecule has 0 unspecified atom stereocenters. The molecule has 17 heavy (non-hydrogen) atoms. The molecule has 1 nitrogen and oxygen atoms in total. The molecule has 2 aromatic rings. The van der Waals surface area contributed by atoms with Crippen molar-refractivity contribution >= 4 is 6.08 Å². The van der Waals surface area contributed by atoms with Crippen molar-refractivity contribution in [2.45, 2.75) is 6.42 Å². The molecule has 1 aliphatic carbocycles. The summed E-state index contributed by atoms with van der Waals surface area (Å²) in [5, 5.41) is 0. The van der Waals surface area contributed by atoms with Crippen molar-refractivity contribution in [1.82, 2.24) is 0 Å². The molecule has 0 heterocycles. The van der Waals surface area contributed by atoms with Gasteiger partial charge in [0.1, 0.15) is 5.75 Å². The van der Waals surface area contributed by atoms with Gasteiger partial charge in [0.05, 0.1) is 7.11 Å². The lowest BCUT2D eigenvalue weighted by Crippen LogP contribution is -1.85. The Morgan fingerprint density at radius 2 is 1.71 bits per heavy atom. The zero-order chi connectivity index (χ0) is 11.7. The van der Waals surface area contributed by atoms with Crippen molar-refractivity contribution in [1.29, 1.82) is 0 Å². The Hall–Kier alpha value is -2.02. The fourth-order valence-corrected chi connectivity index (χ4v) is 2.22. The maximum Gasteiger partial charge on any atom is 0.118 e. The van der Waals surface area contributed by atoms with Gasteiger partial charge in [0.15, 0.2) is 0 Å². The summed E-state index contributed by atoms with van der Waals surface area (Å²) in [6.07, 6.45) is 5.45. The Morgan fingerprint density at radius 1 is 0.941 bits per heavy atom. The summed E-state index contributed by atoms with van der Waals surface area (Å²) < 4.78 is 5.17. The average molecular weight is 222 g/mol. The smallest absolute Gasteiger partial charge is 0.118 e. The molecule has 0 N–H and O–H groups in total. The summed E-state index contributed by atoms with van der Waals surface area (Å²) in [6.45, 7) is 0. The van der Waals surface area contributed by atoms with Crippen LogP contribution >= 0.6 is 0 Å². The maximum atomic E-state index is 5.17. The second kappa shape index (κ2) is 4.10. The number of hydrogen-bond donors (Lipinski definition) is 0. The number of methoxy groups -OCH3 is 1. The van der Waals surface area contributed by atoms with Crippen LogP contribution in [0.15, 0.2) is 48.5 Å². The SMILES string of the molecule is COc1ccc(-c2ccc3c(c2)CC=C3)cc1. The first-order chi connectivity index (χ1) is 8.36. The van der Waals surface area contributed by atoms with Gasteiger partial charge in [-0.15, -0.1) is 0 Å². The lowest BCUT2D eigenvalue weighted by molar-refractivity contribution is 0.415. The van der Waals surface area contributed by atoms with E-state index in [2.05, 4.69) is 42.5 Å². The average Bonchev–Trinajstić information content (AvgIpc) is 2.86. The topological polar surface area (TPSA) is 9.23 Å². The number of rotatable bonds is 2. The van der Waals surface area contributed by atoms with Crippen LogP contribution in [0, 0.1) is 0 Å². The summed E-state index contributed by atoms with van der Waals surface area (Å²) in [5.41, 5.74) is 5.27. The van der Waals surface area contributed by atoms with Crippen LogP contribution in [0.25, 0.3) is 17.2 Å². The van der Waals surface area contributed by atoms with Crippen LogP contribution in [0.5, 0.6) is 5.75 Å². The first-order valence-corrected chi connectivity index (χ1v) is 5.81. The second-order valence-corrected chi connectivity index (χ2v) is 4.25. The van der Waals surface area contributed by atoms with Crippen LogP contribution < -0.4 is 4.74 Å². The van der Waals surface area contributed by atoms with Gasteiger partial charge < -0.3 is 4.74 Å². The van der Waals surface area contributed by atoms with E-state index in [0.717, 1.165) is 12.2 Å². The number of allylic oxidation sites excluding steroid dienone is 1. The van der Waals surface area contributed by atoms with Crippen LogP contribution in [-0.4, -0.2) is 7.11 Å². The molecule has 0 aliphatic heterocycles. The minimum absolute atomic E-state index is 0.900. The fraction of sp³-hybridized carbons (Fsp3) is 0.125. The van der Waals surface area contributed by atoms with Gasteiger partial charge in [0, 0.05) is 0 Å². The van der Waals surface area contributed by atoms with Crippen molar-refractivity contribution in [2.24, 2.45) is 0 Å².